The van der Waals surface area contributed by atoms with Crippen molar-refractivity contribution in [3.05, 3.63) is 47.0 Å². The molecule has 0 radical (unpaired) electrons. The molecule has 30 heavy (non-hydrogen) atoms. The molecular weight excluding hydrogens is 487 g/mol. The summed E-state index contributed by atoms with van der Waals surface area (Å²) in [4.78, 5) is 7.54. The Morgan fingerprint density at radius 2 is 2.00 bits per heavy atom. The van der Waals surface area contributed by atoms with Gasteiger partial charge in [-0.2, -0.15) is 0 Å². The van der Waals surface area contributed by atoms with Crippen LogP contribution in [0.2, 0.25) is 0 Å². The van der Waals surface area contributed by atoms with Crippen LogP contribution in [0.1, 0.15) is 61.3 Å². The second-order valence-corrected chi connectivity index (χ2v) is 9.10. The zero-order chi connectivity index (χ0) is 19.8. The summed E-state index contributed by atoms with van der Waals surface area (Å²) in [6.45, 7) is 4.71. The number of aliphatic imine (C=N–C) groups is 1. The molecule has 1 N–H and O–H groups in total. The van der Waals surface area contributed by atoms with Crippen LogP contribution < -0.4 is 5.32 Å². The van der Waals surface area contributed by atoms with Gasteiger partial charge in [-0.05, 0) is 63.0 Å². The van der Waals surface area contributed by atoms with Crippen molar-refractivity contribution in [3.8, 4) is 0 Å². The molecule has 1 saturated carbocycles. The number of fused-ring (bicyclic) bond motifs is 2. The van der Waals surface area contributed by atoms with E-state index in [1.165, 1.54) is 44.9 Å². The van der Waals surface area contributed by atoms with Crippen LogP contribution in [0, 0.1) is 6.92 Å². The molecule has 1 aliphatic heterocycles. The van der Waals surface area contributed by atoms with Crippen LogP contribution in [-0.4, -0.2) is 44.8 Å². The number of halogens is 1. The number of nitrogens with zero attached hydrogens (tertiary/aromatic N) is 5. The standard InChI is InChI=1S/C23H32N6.HI/c1-17-26-27-21(28(17)2)15-24-22(25-19-10-11-19)29-14-6-13-23(16-29)12-5-8-18-7-3-4-9-20(18)23;/h3-4,7,9,19H,5-6,8,10-16H2,1-2H3,(H,24,25);1H. The van der Waals surface area contributed by atoms with Crippen molar-refractivity contribution in [1.29, 1.82) is 0 Å². The first kappa shape index (κ1) is 21.6. The Kier molecular flexibility index (Phi) is 6.36. The highest BCUT2D eigenvalue weighted by Crippen LogP contribution is 2.43. The van der Waals surface area contributed by atoms with Gasteiger partial charge in [0.25, 0.3) is 0 Å². The minimum Gasteiger partial charge on any atom is -0.353 e. The van der Waals surface area contributed by atoms with Crippen molar-refractivity contribution in [2.45, 2.75) is 69.9 Å². The molecule has 162 valence electrons. The summed E-state index contributed by atoms with van der Waals surface area (Å²) in [5, 5.41) is 12.2. The van der Waals surface area contributed by atoms with E-state index in [0.717, 1.165) is 30.7 Å². The minimum atomic E-state index is 0. The molecule has 0 bridgehead atoms. The number of guanidine groups is 1. The van der Waals surface area contributed by atoms with Gasteiger partial charge >= 0.3 is 0 Å². The number of rotatable bonds is 3. The van der Waals surface area contributed by atoms with Crippen molar-refractivity contribution in [1.82, 2.24) is 25.0 Å². The first-order valence-corrected chi connectivity index (χ1v) is 11.1. The van der Waals surface area contributed by atoms with Crippen molar-refractivity contribution in [3.63, 3.8) is 0 Å². The minimum absolute atomic E-state index is 0. The molecule has 1 atom stereocenters. The molecule has 1 saturated heterocycles. The monoisotopic (exact) mass is 520 g/mol. The molecule has 6 nitrogen and oxygen atoms in total. The van der Waals surface area contributed by atoms with E-state index in [2.05, 4.69) is 44.7 Å². The van der Waals surface area contributed by atoms with Crippen LogP contribution in [0.15, 0.2) is 29.3 Å². The molecule has 7 heteroatoms. The first-order chi connectivity index (χ1) is 14.1. The van der Waals surface area contributed by atoms with Crippen molar-refractivity contribution in [2.24, 2.45) is 12.0 Å². The summed E-state index contributed by atoms with van der Waals surface area (Å²) in [7, 11) is 2.02. The average molecular weight is 520 g/mol. The lowest BCUT2D eigenvalue weighted by Gasteiger charge is -2.47. The van der Waals surface area contributed by atoms with Crippen LogP contribution in [0.3, 0.4) is 0 Å². The number of hydrogen-bond donors (Lipinski definition) is 1. The Bertz CT molecular complexity index is 918. The lowest BCUT2D eigenvalue weighted by molar-refractivity contribution is 0.188. The van der Waals surface area contributed by atoms with Gasteiger partial charge in [-0.15, -0.1) is 34.2 Å². The van der Waals surface area contributed by atoms with E-state index in [9.17, 15) is 0 Å². The van der Waals surface area contributed by atoms with Crippen LogP contribution in [0.4, 0.5) is 0 Å². The lowest BCUT2D eigenvalue weighted by atomic mass is 9.66. The normalized spacial score (nSPS) is 23.8. The molecule has 1 aromatic heterocycles. The van der Waals surface area contributed by atoms with Gasteiger partial charge in [0.2, 0.25) is 0 Å². The fourth-order valence-corrected chi connectivity index (χ4v) is 5.13. The van der Waals surface area contributed by atoms with Crippen molar-refractivity contribution >= 4 is 29.9 Å². The number of nitrogens with one attached hydrogen (secondary N) is 1. The van der Waals surface area contributed by atoms with Gasteiger partial charge in [-0.25, -0.2) is 4.99 Å². The molecule has 1 unspecified atom stereocenters. The van der Waals surface area contributed by atoms with E-state index in [0.29, 0.717) is 12.6 Å². The predicted octanol–water partition coefficient (Wildman–Crippen LogP) is 3.72. The first-order valence-electron chi connectivity index (χ1n) is 11.1. The molecule has 5 rings (SSSR count). The zero-order valence-corrected chi connectivity index (χ0v) is 20.4. The maximum atomic E-state index is 5.01. The number of likely N-dealkylation sites (tertiary alicyclic amines) is 1. The number of aromatic nitrogens is 3. The Balaban J connectivity index is 0.00000218. The highest BCUT2D eigenvalue weighted by atomic mass is 127. The zero-order valence-electron chi connectivity index (χ0n) is 18.1. The molecule has 2 fully saturated rings. The average Bonchev–Trinajstić information content (AvgIpc) is 3.51. The van der Waals surface area contributed by atoms with Gasteiger partial charge in [0, 0.05) is 31.6 Å². The molecule has 2 aliphatic carbocycles. The third-order valence-corrected chi connectivity index (χ3v) is 7.03. The third-order valence-electron chi connectivity index (χ3n) is 7.03. The van der Waals surface area contributed by atoms with Crippen LogP contribution in [0.25, 0.3) is 0 Å². The SMILES string of the molecule is Cc1nnc(CN=C(NC2CC2)N2CCCC3(CCCc4ccccc43)C2)n1C.I. The van der Waals surface area contributed by atoms with E-state index in [1.54, 1.807) is 11.1 Å². The summed E-state index contributed by atoms with van der Waals surface area (Å²) < 4.78 is 2.04. The molecule has 3 aliphatic rings. The van der Waals surface area contributed by atoms with Crippen LogP contribution in [0.5, 0.6) is 0 Å². The predicted molar refractivity (Wildman–Crippen MR) is 130 cm³/mol. The Morgan fingerprint density at radius 3 is 2.77 bits per heavy atom. The van der Waals surface area contributed by atoms with E-state index in [-0.39, 0.29) is 29.4 Å². The third kappa shape index (κ3) is 4.22. The number of hydrogen-bond acceptors (Lipinski definition) is 3. The van der Waals surface area contributed by atoms with E-state index >= 15 is 0 Å². The lowest BCUT2D eigenvalue weighted by Crippen LogP contribution is -2.53. The number of piperidine rings is 1. The Hall–Kier alpha value is -1.64. The highest BCUT2D eigenvalue weighted by molar-refractivity contribution is 14.0. The molecule has 1 aromatic carbocycles. The maximum Gasteiger partial charge on any atom is 0.194 e. The van der Waals surface area contributed by atoms with E-state index in [4.69, 9.17) is 4.99 Å². The largest absolute Gasteiger partial charge is 0.353 e. The van der Waals surface area contributed by atoms with Crippen LogP contribution >= 0.6 is 24.0 Å². The second kappa shape index (κ2) is 8.85. The maximum absolute atomic E-state index is 5.01. The fraction of sp³-hybridized carbons (Fsp3) is 0.609. The molecule has 0 amide bonds. The topological polar surface area (TPSA) is 58.3 Å². The van der Waals surface area contributed by atoms with Gasteiger partial charge in [0.05, 0.1) is 0 Å². The molecule has 2 heterocycles. The Labute approximate surface area is 196 Å². The summed E-state index contributed by atoms with van der Waals surface area (Å²) in [6, 6.07) is 9.72. The fourth-order valence-electron chi connectivity index (χ4n) is 5.13. The molecule has 1 spiro atoms. The van der Waals surface area contributed by atoms with Gasteiger partial charge in [-0.3, -0.25) is 0 Å². The number of aryl methyl sites for hydroxylation is 2. The summed E-state index contributed by atoms with van der Waals surface area (Å²) in [5.74, 6) is 2.92. The van der Waals surface area contributed by atoms with E-state index in [1.807, 2.05) is 18.5 Å². The highest BCUT2D eigenvalue weighted by Gasteiger charge is 2.41. The quantitative estimate of drug-likeness (QED) is 0.381. The summed E-state index contributed by atoms with van der Waals surface area (Å²) in [6.07, 6.45) is 8.84. The Morgan fingerprint density at radius 1 is 1.20 bits per heavy atom. The van der Waals surface area contributed by atoms with Gasteiger partial charge < -0.3 is 14.8 Å². The van der Waals surface area contributed by atoms with Crippen molar-refractivity contribution < 1.29 is 0 Å². The van der Waals surface area contributed by atoms with Gasteiger partial charge in [0.1, 0.15) is 12.4 Å². The van der Waals surface area contributed by atoms with Gasteiger partial charge in [-0.1, -0.05) is 24.3 Å². The second-order valence-electron chi connectivity index (χ2n) is 9.10. The molecular formula is C23H33IN6. The number of benzene rings is 1. The molecule has 2 aromatic rings. The van der Waals surface area contributed by atoms with Gasteiger partial charge in [0.15, 0.2) is 11.8 Å². The summed E-state index contributed by atoms with van der Waals surface area (Å²) >= 11 is 0. The summed E-state index contributed by atoms with van der Waals surface area (Å²) in [5.41, 5.74) is 3.43. The smallest absolute Gasteiger partial charge is 0.194 e. The van der Waals surface area contributed by atoms with E-state index < -0.39 is 0 Å². The van der Waals surface area contributed by atoms with Crippen molar-refractivity contribution in [2.75, 3.05) is 13.1 Å². The van der Waals surface area contributed by atoms with Crippen LogP contribution in [-0.2, 0) is 25.4 Å².